The van der Waals surface area contributed by atoms with Crippen LogP contribution in [-0.4, -0.2) is 12.2 Å². The molecule has 0 fully saturated rings. The van der Waals surface area contributed by atoms with Crippen LogP contribution in [-0.2, 0) is 9.59 Å². The van der Waals surface area contributed by atoms with Crippen molar-refractivity contribution in [3.8, 4) is 11.1 Å². The minimum absolute atomic E-state index is 0. The molecule has 0 amide bonds. The highest BCUT2D eigenvalue weighted by Crippen LogP contribution is 2.17. The molecule has 2 aromatic rings. The summed E-state index contributed by atoms with van der Waals surface area (Å²) in [5.41, 5.74) is 2.55. The Kier molecular flexibility index (Phi) is 13.5. The normalized spacial score (nSPS) is 6.95. The SMILES string of the molecule is S.[N-]=C=O.[N-]=C=O.c1ccc(-c2ccccc2)cc1. The van der Waals surface area contributed by atoms with Gasteiger partial charge in [0.15, 0.2) is 0 Å². The molecule has 0 unspecified atom stereocenters. The maximum absolute atomic E-state index is 8.24. The molecule has 2 aromatic carbocycles. The topological polar surface area (TPSA) is 78.7 Å². The molecule has 0 aromatic heterocycles. The van der Waals surface area contributed by atoms with E-state index in [1.807, 2.05) is 12.1 Å². The van der Waals surface area contributed by atoms with Gasteiger partial charge in [0.2, 0.25) is 0 Å². The Bertz CT molecular complexity index is 454. The largest absolute Gasteiger partial charge is 0.724 e. The number of benzene rings is 2. The van der Waals surface area contributed by atoms with E-state index in [0.717, 1.165) is 0 Å². The zero-order valence-electron chi connectivity index (χ0n) is 9.98. The van der Waals surface area contributed by atoms with E-state index in [2.05, 4.69) is 48.5 Å². The molecule has 0 saturated heterocycles. The van der Waals surface area contributed by atoms with Gasteiger partial charge < -0.3 is 10.8 Å². The number of carbonyl (C=O) groups excluding carboxylic acids is 2. The average molecular weight is 272 g/mol. The molecular weight excluding hydrogens is 260 g/mol. The second-order valence-corrected chi connectivity index (χ2v) is 2.91. The summed E-state index contributed by atoms with van der Waals surface area (Å²) in [7, 11) is 0. The van der Waals surface area contributed by atoms with Crippen molar-refractivity contribution < 1.29 is 9.59 Å². The van der Waals surface area contributed by atoms with Gasteiger partial charge in [0.25, 0.3) is 0 Å². The van der Waals surface area contributed by atoms with E-state index in [0.29, 0.717) is 12.2 Å². The van der Waals surface area contributed by atoms with Crippen molar-refractivity contribution in [2.75, 3.05) is 0 Å². The quantitative estimate of drug-likeness (QED) is 0.590. The molecule has 2 rings (SSSR count). The van der Waals surface area contributed by atoms with E-state index in [9.17, 15) is 0 Å². The van der Waals surface area contributed by atoms with Gasteiger partial charge in [-0.2, -0.15) is 13.5 Å². The zero-order valence-corrected chi connectivity index (χ0v) is 11.0. The molecule has 0 spiro atoms. The molecule has 0 aliphatic heterocycles. The lowest BCUT2D eigenvalue weighted by Gasteiger charge is -1.98. The van der Waals surface area contributed by atoms with Crippen LogP contribution < -0.4 is 0 Å². The van der Waals surface area contributed by atoms with Crippen molar-refractivity contribution in [1.29, 1.82) is 0 Å². The Morgan fingerprint density at radius 1 is 0.632 bits per heavy atom. The van der Waals surface area contributed by atoms with Gasteiger partial charge in [-0.05, 0) is 23.3 Å². The highest BCUT2D eigenvalue weighted by atomic mass is 32.1. The van der Waals surface area contributed by atoms with Gasteiger partial charge in [0.1, 0.15) is 0 Å². The summed E-state index contributed by atoms with van der Waals surface area (Å²) in [6.07, 6.45) is 1.00. The van der Waals surface area contributed by atoms with Crippen molar-refractivity contribution >= 4 is 25.7 Å². The highest BCUT2D eigenvalue weighted by molar-refractivity contribution is 7.59. The van der Waals surface area contributed by atoms with Gasteiger partial charge in [-0.25, -0.2) is 0 Å². The third-order valence-electron chi connectivity index (χ3n) is 1.88. The van der Waals surface area contributed by atoms with Crippen molar-refractivity contribution in [2.45, 2.75) is 0 Å². The lowest BCUT2D eigenvalue weighted by atomic mass is 10.1. The van der Waals surface area contributed by atoms with Crippen molar-refractivity contribution in [1.82, 2.24) is 0 Å². The van der Waals surface area contributed by atoms with E-state index < -0.39 is 0 Å². The van der Waals surface area contributed by atoms with Crippen molar-refractivity contribution in [3.05, 3.63) is 71.5 Å². The molecule has 0 aliphatic rings. The molecule has 0 N–H and O–H groups in total. The number of isocyanates is 2. The van der Waals surface area contributed by atoms with Crippen LogP contribution >= 0.6 is 13.5 Å². The maximum Gasteiger partial charge on any atom is -0.0159 e. The summed E-state index contributed by atoms with van der Waals surface area (Å²) < 4.78 is 0. The smallest absolute Gasteiger partial charge is 0.0159 e. The molecule has 0 bridgehead atoms. The second kappa shape index (κ2) is 13.6. The third kappa shape index (κ3) is 9.27. The second-order valence-electron chi connectivity index (χ2n) is 2.91. The van der Waals surface area contributed by atoms with Crippen LogP contribution in [0.2, 0.25) is 0 Å². The minimum atomic E-state index is 0. The lowest BCUT2D eigenvalue weighted by Crippen LogP contribution is -1.73. The van der Waals surface area contributed by atoms with E-state index in [4.69, 9.17) is 20.4 Å². The summed E-state index contributed by atoms with van der Waals surface area (Å²) in [5.74, 6) is 0. The first-order valence-electron chi connectivity index (χ1n) is 4.93. The van der Waals surface area contributed by atoms with Gasteiger partial charge in [0.05, 0.1) is 0 Å². The average Bonchev–Trinajstić information content (AvgIpc) is 2.43. The standard InChI is InChI=1S/C12H10.2CNO.H2S/c1-3-7-11(8-4-1)12-9-5-2-6-10-12;2*2-1-3;/h1-10H;;;1H2/q;2*-1;. The van der Waals surface area contributed by atoms with Gasteiger partial charge in [-0.1, -0.05) is 60.7 Å². The molecular formula is C14H12N2O2S-2. The maximum atomic E-state index is 8.24. The number of rotatable bonds is 1. The van der Waals surface area contributed by atoms with Crippen LogP contribution in [0.5, 0.6) is 0 Å². The van der Waals surface area contributed by atoms with E-state index in [-0.39, 0.29) is 13.5 Å². The molecule has 98 valence electrons. The Hall–Kier alpha value is -2.45. The van der Waals surface area contributed by atoms with Gasteiger partial charge in [-0.3, -0.25) is 9.59 Å². The summed E-state index contributed by atoms with van der Waals surface area (Å²) in [5, 5.41) is 13.5. The molecule has 0 heterocycles. The summed E-state index contributed by atoms with van der Waals surface area (Å²) >= 11 is 0. The first kappa shape index (κ1) is 18.9. The van der Waals surface area contributed by atoms with Crippen LogP contribution in [0, 0.1) is 0 Å². The fourth-order valence-corrected chi connectivity index (χ4v) is 1.26. The minimum Gasteiger partial charge on any atom is -0.724 e. The summed E-state index contributed by atoms with van der Waals surface area (Å²) in [6.45, 7) is 0. The molecule has 0 radical (unpaired) electrons. The predicted molar refractivity (Wildman–Crippen MR) is 80.4 cm³/mol. The zero-order chi connectivity index (χ0) is 13.6. The van der Waals surface area contributed by atoms with E-state index in [1.165, 1.54) is 11.1 Å². The number of nitrogens with zero attached hydrogens (tertiary/aromatic N) is 2. The predicted octanol–water partition coefficient (Wildman–Crippen LogP) is 3.25. The van der Waals surface area contributed by atoms with Crippen molar-refractivity contribution in [3.63, 3.8) is 0 Å². The van der Waals surface area contributed by atoms with Gasteiger partial charge >= 0.3 is 0 Å². The lowest BCUT2D eigenvalue weighted by molar-refractivity contribution is 0.568. The van der Waals surface area contributed by atoms with Crippen molar-refractivity contribution in [2.24, 2.45) is 0 Å². The Labute approximate surface area is 118 Å². The Balaban J connectivity index is 0. The molecule has 0 aliphatic carbocycles. The fourth-order valence-electron chi connectivity index (χ4n) is 1.26. The first-order chi connectivity index (χ1) is 8.79. The fraction of sp³-hybridized carbons (Fsp3) is 0. The number of hydrogen-bond acceptors (Lipinski definition) is 2. The Morgan fingerprint density at radius 3 is 1.05 bits per heavy atom. The molecule has 4 nitrogen and oxygen atoms in total. The van der Waals surface area contributed by atoms with Crippen LogP contribution in [0.1, 0.15) is 0 Å². The molecule has 19 heavy (non-hydrogen) atoms. The van der Waals surface area contributed by atoms with Crippen LogP contribution in [0.3, 0.4) is 0 Å². The molecule has 5 heteroatoms. The first-order valence-corrected chi connectivity index (χ1v) is 4.93. The van der Waals surface area contributed by atoms with Crippen LogP contribution in [0.4, 0.5) is 0 Å². The van der Waals surface area contributed by atoms with Crippen LogP contribution in [0.25, 0.3) is 21.9 Å². The van der Waals surface area contributed by atoms with Crippen LogP contribution in [0.15, 0.2) is 60.7 Å². The molecule has 0 saturated carbocycles. The van der Waals surface area contributed by atoms with E-state index >= 15 is 0 Å². The monoisotopic (exact) mass is 272 g/mol. The highest BCUT2D eigenvalue weighted by Gasteiger charge is 1.91. The van der Waals surface area contributed by atoms with Gasteiger partial charge in [0, 0.05) is 0 Å². The van der Waals surface area contributed by atoms with Gasteiger partial charge in [-0.15, -0.1) is 0 Å². The van der Waals surface area contributed by atoms with E-state index in [1.54, 1.807) is 0 Å². The third-order valence-corrected chi connectivity index (χ3v) is 1.88. The Morgan fingerprint density at radius 2 is 0.842 bits per heavy atom. The summed E-state index contributed by atoms with van der Waals surface area (Å²) in [4.78, 5) is 16.5. The molecule has 0 atom stereocenters. The number of hydrogen-bond donors (Lipinski definition) is 0. The summed E-state index contributed by atoms with van der Waals surface area (Å²) in [6, 6.07) is 20.8.